The molecule has 0 saturated carbocycles. The lowest BCUT2D eigenvalue weighted by molar-refractivity contribution is -0.131. The Balaban J connectivity index is 1.68. The van der Waals surface area contributed by atoms with Crippen molar-refractivity contribution in [3.63, 3.8) is 0 Å². The Kier molecular flexibility index (Phi) is 7.87. The number of benzene rings is 2. The highest BCUT2D eigenvalue weighted by atomic mass is 32.2. The quantitative estimate of drug-likeness (QED) is 0.348. The van der Waals surface area contributed by atoms with Crippen molar-refractivity contribution in [2.24, 2.45) is 5.92 Å². The molecule has 4 rings (SSSR count). The van der Waals surface area contributed by atoms with Crippen LogP contribution in [0.3, 0.4) is 0 Å². The summed E-state index contributed by atoms with van der Waals surface area (Å²) < 4.78 is 28.7. The molecule has 2 atom stereocenters. The second kappa shape index (κ2) is 10.8. The van der Waals surface area contributed by atoms with Gasteiger partial charge in [0.05, 0.1) is 11.8 Å². The zero-order chi connectivity index (χ0) is 26.9. The van der Waals surface area contributed by atoms with Gasteiger partial charge in [0.15, 0.2) is 0 Å². The number of aliphatic hydroxyl groups excluding tert-OH is 1. The number of aliphatic carboxylic acids is 1. The van der Waals surface area contributed by atoms with Gasteiger partial charge in [-0.1, -0.05) is 38.1 Å². The molecule has 2 unspecified atom stereocenters. The molecule has 2 N–H and O–H groups in total. The van der Waals surface area contributed by atoms with E-state index in [4.69, 9.17) is 5.11 Å². The monoisotopic (exact) mass is 540 g/mol. The Morgan fingerprint density at radius 1 is 1.22 bits per heavy atom. The number of hydrogen-bond acceptors (Lipinski definition) is 6. The highest BCUT2D eigenvalue weighted by Gasteiger charge is 2.33. The van der Waals surface area contributed by atoms with Crippen LogP contribution in [-0.2, 0) is 21.2 Å². The number of thiazole rings is 1. The second-order valence-electron chi connectivity index (χ2n) is 9.95. The largest absolute Gasteiger partial charge is 0.478 e. The van der Waals surface area contributed by atoms with E-state index in [9.17, 15) is 18.3 Å². The fraction of sp³-hybridized carbons (Fsp3) is 0.357. The molecule has 0 spiro atoms. The van der Waals surface area contributed by atoms with E-state index in [1.54, 1.807) is 18.4 Å². The van der Waals surface area contributed by atoms with Gasteiger partial charge in [-0.25, -0.2) is 9.78 Å². The molecule has 1 aliphatic carbocycles. The van der Waals surface area contributed by atoms with Crippen LogP contribution in [0.5, 0.6) is 0 Å². The molecule has 0 saturated heterocycles. The van der Waals surface area contributed by atoms with E-state index in [1.165, 1.54) is 10.4 Å². The molecule has 1 aliphatic rings. The maximum absolute atomic E-state index is 13.6. The van der Waals surface area contributed by atoms with Gasteiger partial charge >= 0.3 is 5.97 Å². The molecule has 0 radical (unpaired) electrons. The van der Waals surface area contributed by atoms with Crippen LogP contribution in [-0.4, -0.2) is 36.1 Å². The predicted molar refractivity (Wildman–Crippen MR) is 147 cm³/mol. The van der Waals surface area contributed by atoms with Crippen molar-refractivity contribution in [2.75, 3.05) is 10.8 Å². The number of carbonyl (C=O) groups is 1. The van der Waals surface area contributed by atoms with Gasteiger partial charge in [0.2, 0.25) is 4.34 Å². The zero-order valence-electron chi connectivity index (χ0n) is 21.4. The van der Waals surface area contributed by atoms with Gasteiger partial charge < -0.3 is 10.2 Å². The molecule has 1 aromatic heterocycles. The molecule has 9 heteroatoms. The van der Waals surface area contributed by atoms with Crippen LogP contribution in [0, 0.1) is 19.8 Å². The number of carboxylic acid groups (broad SMARTS) is 1. The van der Waals surface area contributed by atoms with Crippen LogP contribution in [0.2, 0.25) is 0 Å². The molecule has 7 nitrogen and oxygen atoms in total. The molecular weight excluding hydrogens is 508 g/mol. The van der Waals surface area contributed by atoms with E-state index >= 15 is 0 Å². The lowest BCUT2D eigenvalue weighted by atomic mass is 9.88. The standard InChI is InChI=1S/C28H32N2O5S2/c1-17(2)15-30(37(34,35)28-29-19(4)16-36-28)22-9-7-21-8-11-24(25(21)14-22)27(33)23-10-5-20(13-18(23)3)6-12-26(31)32/h5-7,9-10,12-14,16-17,24,27,33H,8,11,15H2,1-4H3,(H,31,32). The summed E-state index contributed by atoms with van der Waals surface area (Å²) in [6.45, 7) is 7.95. The fourth-order valence-corrected chi connectivity index (χ4v) is 7.60. The maximum atomic E-state index is 13.6. The van der Waals surface area contributed by atoms with Crippen LogP contribution in [0.25, 0.3) is 6.08 Å². The highest BCUT2D eigenvalue weighted by Crippen LogP contribution is 2.44. The predicted octanol–water partition coefficient (Wildman–Crippen LogP) is 5.47. The van der Waals surface area contributed by atoms with E-state index in [1.807, 2.05) is 51.1 Å². The van der Waals surface area contributed by atoms with Crippen molar-refractivity contribution in [2.45, 2.75) is 56.9 Å². The van der Waals surface area contributed by atoms with Crippen molar-refractivity contribution in [1.29, 1.82) is 0 Å². The molecule has 37 heavy (non-hydrogen) atoms. The Morgan fingerprint density at radius 3 is 2.59 bits per heavy atom. The van der Waals surface area contributed by atoms with Crippen molar-refractivity contribution in [3.8, 4) is 0 Å². The van der Waals surface area contributed by atoms with Crippen LogP contribution in [0.15, 0.2) is 52.2 Å². The number of anilines is 1. The number of fused-ring (bicyclic) bond motifs is 1. The van der Waals surface area contributed by atoms with Crippen molar-refractivity contribution in [3.05, 3.63) is 81.4 Å². The minimum atomic E-state index is -3.83. The van der Waals surface area contributed by atoms with Gasteiger partial charge in [-0.2, -0.15) is 8.42 Å². The fourth-order valence-electron chi connectivity index (χ4n) is 4.84. The van der Waals surface area contributed by atoms with Crippen LogP contribution >= 0.6 is 11.3 Å². The van der Waals surface area contributed by atoms with Crippen LogP contribution < -0.4 is 4.31 Å². The second-order valence-corrected chi connectivity index (χ2v) is 12.8. The third-order valence-electron chi connectivity index (χ3n) is 6.59. The lowest BCUT2D eigenvalue weighted by Crippen LogP contribution is -2.34. The molecule has 0 aliphatic heterocycles. The molecule has 3 aromatic rings. The molecule has 0 bridgehead atoms. The average Bonchev–Trinajstić information content (AvgIpc) is 3.47. The maximum Gasteiger partial charge on any atom is 0.328 e. The summed E-state index contributed by atoms with van der Waals surface area (Å²) in [5.41, 5.74) is 5.71. The van der Waals surface area contributed by atoms with E-state index in [0.29, 0.717) is 17.9 Å². The number of aromatic nitrogens is 1. The van der Waals surface area contributed by atoms with Gasteiger partial charge in [-0.15, -0.1) is 11.3 Å². The van der Waals surface area contributed by atoms with Gasteiger partial charge in [-0.3, -0.25) is 4.31 Å². The van der Waals surface area contributed by atoms with Crippen molar-refractivity contribution < 1.29 is 23.4 Å². The van der Waals surface area contributed by atoms with E-state index < -0.39 is 22.1 Å². The normalized spacial score (nSPS) is 16.3. The molecular formula is C28H32N2O5S2. The molecule has 0 amide bonds. The Bertz CT molecular complexity index is 1440. The average molecular weight is 541 g/mol. The van der Waals surface area contributed by atoms with Crippen LogP contribution in [0.4, 0.5) is 5.69 Å². The number of hydrogen-bond donors (Lipinski definition) is 2. The first-order valence-corrected chi connectivity index (χ1v) is 14.6. The highest BCUT2D eigenvalue weighted by molar-refractivity contribution is 7.94. The Morgan fingerprint density at radius 2 is 1.97 bits per heavy atom. The van der Waals surface area contributed by atoms with Gasteiger partial charge in [0, 0.05) is 29.6 Å². The molecule has 196 valence electrons. The number of aliphatic hydroxyl groups is 1. The minimum Gasteiger partial charge on any atom is -0.478 e. The minimum absolute atomic E-state index is 0.0791. The number of nitrogens with zero attached hydrogens (tertiary/aromatic N) is 2. The lowest BCUT2D eigenvalue weighted by Gasteiger charge is -2.27. The summed E-state index contributed by atoms with van der Waals surface area (Å²) in [6, 6.07) is 11.2. The number of carboxylic acids is 1. The van der Waals surface area contributed by atoms with Crippen molar-refractivity contribution in [1.82, 2.24) is 4.98 Å². The SMILES string of the molecule is Cc1csc(S(=O)(=O)N(CC(C)C)c2ccc3c(c2)C(C(O)c2ccc(C=CC(=O)O)cc2C)CC3)n1. The van der Waals surface area contributed by atoms with E-state index in [0.717, 1.165) is 58.1 Å². The number of aryl methyl sites for hydroxylation is 3. The summed E-state index contributed by atoms with van der Waals surface area (Å²) in [7, 11) is -3.83. The summed E-state index contributed by atoms with van der Waals surface area (Å²) >= 11 is 1.12. The topological polar surface area (TPSA) is 108 Å². The summed E-state index contributed by atoms with van der Waals surface area (Å²) in [5.74, 6) is -1.10. The first-order valence-electron chi connectivity index (χ1n) is 12.2. The number of sulfonamides is 1. The number of rotatable bonds is 9. The molecule has 0 fully saturated rings. The van der Waals surface area contributed by atoms with E-state index in [2.05, 4.69) is 4.98 Å². The first-order chi connectivity index (χ1) is 17.5. The van der Waals surface area contributed by atoms with Gasteiger partial charge in [0.1, 0.15) is 0 Å². The smallest absolute Gasteiger partial charge is 0.328 e. The molecule has 2 aromatic carbocycles. The van der Waals surface area contributed by atoms with Crippen LogP contribution in [0.1, 0.15) is 65.8 Å². The first kappa shape index (κ1) is 27.0. The summed E-state index contributed by atoms with van der Waals surface area (Å²) in [5, 5.41) is 22.0. The van der Waals surface area contributed by atoms with E-state index in [-0.39, 0.29) is 16.2 Å². The Labute approximate surface area is 222 Å². The van der Waals surface area contributed by atoms with Gasteiger partial charge in [-0.05, 0) is 78.6 Å². The third-order valence-corrected chi connectivity index (χ3v) is 9.74. The third kappa shape index (κ3) is 5.79. The zero-order valence-corrected chi connectivity index (χ0v) is 23.0. The summed E-state index contributed by atoms with van der Waals surface area (Å²) in [6.07, 6.45) is 3.40. The molecule has 1 heterocycles. The van der Waals surface area contributed by atoms with Crippen molar-refractivity contribution >= 4 is 39.1 Å². The Hall–Kier alpha value is -3.01. The van der Waals surface area contributed by atoms with Gasteiger partial charge in [0.25, 0.3) is 10.0 Å². The summed E-state index contributed by atoms with van der Waals surface area (Å²) in [4.78, 5) is 15.1.